The summed E-state index contributed by atoms with van der Waals surface area (Å²) in [5, 5.41) is 3.29. The second-order valence-corrected chi connectivity index (χ2v) is 4.62. The standard InChI is InChI=1S/C16H16N2O2/c1-20-13-7-8-15-14(11-13)17-10-9-16(19)18(15)12-5-3-2-4-6-12/h2-8,11,17H,9-10H2,1H3. The molecule has 0 spiro atoms. The predicted octanol–water partition coefficient (Wildman–Crippen LogP) is 3.18. The summed E-state index contributed by atoms with van der Waals surface area (Å²) in [4.78, 5) is 14.1. The van der Waals surface area contributed by atoms with Crippen LogP contribution in [-0.2, 0) is 4.79 Å². The second kappa shape index (κ2) is 5.25. The number of anilines is 3. The number of rotatable bonds is 2. The highest BCUT2D eigenvalue weighted by molar-refractivity contribution is 6.04. The van der Waals surface area contributed by atoms with Gasteiger partial charge in [0.15, 0.2) is 0 Å². The Labute approximate surface area is 118 Å². The summed E-state index contributed by atoms with van der Waals surface area (Å²) in [6, 6.07) is 15.4. The highest BCUT2D eigenvalue weighted by atomic mass is 16.5. The summed E-state index contributed by atoms with van der Waals surface area (Å²) in [7, 11) is 1.64. The molecule has 0 aliphatic carbocycles. The number of para-hydroxylation sites is 1. The molecule has 0 fully saturated rings. The van der Waals surface area contributed by atoms with Crippen LogP contribution in [0.2, 0.25) is 0 Å². The molecule has 1 amide bonds. The van der Waals surface area contributed by atoms with Gasteiger partial charge in [0, 0.05) is 24.7 Å². The van der Waals surface area contributed by atoms with Crippen molar-refractivity contribution in [1.82, 2.24) is 0 Å². The van der Waals surface area contributed by atoms with Gasteiger partial charge in [-0.05, 0) is 24.3 Å². The van der Waals surface area contributed by atoms with E-state index >= 15 is 0 Å². The third-order valence-corrected chi connectivity index (χ3v) is 3.36. The lowest BCUT2D eigenvalue weighted by atomic mass is 10.2. The summed E-state index contributed by atoms with van der Waals surface area (Å²) in [5.41, 5.74) is 2.66. The van der Waals surface area contributed by atoms with E-state index < -0.39 is 0 Å². The average molecular weight is 268 g/mol. The number of fused-ring (bicyclic) bond motifs is 1. The van der Waals surface area contributed by atoms with Crippen LogP contribution < -0.4 is 15.0 Å². The van der Waals surface area contributed by atoms with E-state index in [4.69, 9.17) is 4.74 Å². The predicted molar refractivity (Wildman–Crippen MR) is 79.7 cm³/mol. The van der Waals surface area contributed by atoms with E-state index in [1.165, 1.54) is 0 Å². The highest BCUT2D eigenvalue weighted by Crippen LogP contribution is 2.36. The van der Waals surface area contributed by atoms with Crippen LogP contribution >= 0.6 is 0 Å². The lowest BCUT2D eigenvalue weighted by Crippen LogP contribution is -2.24. The molecular formula is C16H16N2O2. The van der Waals surface area contributed by atoms with Gasteiger partial charge in [0.2, 0.25) is 5.91 Å². The Morgan fingerprint density at radius 3 is 2.70 bits per heavy atom. The molecule has 20 heavy (non-hydrogen) atoms. The Hall–Kier alpha value is -2.49. The molecular weight excluding hydrogens is 252 g/mol. The zero-order valence-corrected chi connectivity index (χ0v) is 11.3. The molecule has 0 unspecified atom stereocenters. The maximum absolute atomic E-state index is 12.4. The van der Waals surface area contributed by atoms with Crippen molar-refractivity contribution >= 4 is 23.0 Å². The fraction of sp³-hybridized carbons (Fsp3) is 0.188. The SMILES string of the molecule is COc1ccc2c(c1)NCCC(=O)N2c1ccccc1. The van der Waals surface area contributed by atoms with Gasteiger partial charge >= 0.3 is 0 Å². The van der Waals surface area contributed by atoms with Gasteiger partial charge in [-0.1, -0.05) is 18.2 Å². The van der Waals surface area contributed by atoms with Crippen molar-refractivity contribution in [2.24, 2.45) is 0 Å². The number of nitrogens with zero attached hydrogens (tertiary/aromatic N) is 1. The summed E-state index contributed by atoms with van der Waals surface area (Å²) in [5.74, 6) is 0.867. The van der Waals surface area contributed by atoms with Gasteiger partial charge in [-0.3, -0.25) is 9.69 Å². The normalized spacial score (nSPS) is 14.2. The third-order valence-electron chi connectivity index (χ3n) is 3.36. The number of hydrogen-bond acceptors (Lipinski definition) is 3. The van der Waals surface area contributed by atoms with Crippen LogP contribution in [0.4, 0.5) is 17.1 Å². The Balaban J connectivity index is 2.12. The molecule has 0 saturated heterocycles. The fourth-order valence-electron chi connectivity index (χ4n) is 2.39. The summed E-state index contributed by atoms with van der Waals surface area (Å²) in [6.07, 6.45) is 0.464. The molecule has 0 radical (unpaired) electrons. The second-order valence-electron chi connectivity index (χ2n) is 4.62. The fourth-order valence-corrected chi connectivity index (χ4v) is 2.39. The zero-order chi connectivity index (χ0) is 13.9. The minimum absolute atomic E-state index is 0.0904. The van der Waals surface area contributed by atoms with E-state index in [0.717, 1.165) is 22.8 Å². The van der Waals surface area contributed by atoms with Crippen LogP contribution in [0.3, 0.4) is 0 Å². The summed E-state index contributed by atoms with van der Waals surface area (Å²) in [6.45, 7) is 0.627. The van der Waals surface area contributed by atoms with Gasteiger partial charge in [0.1, 0.15) is 5.75 Å². The molecule has 4 nitrogen and oxygen atoms in total. The summed E-state index contributed by atoms with van der Waals surface area (Å²) >= 11 is 0. The highest BCUT2D eigenvalue weighted by Gasteiger charge is 2.23. The largest absolute Gasteiger partial charge is 0.497 e. The molecule has 0 aromatic heterocycles. The van der Waals surface area contributed by atoms with Gasteiger partial charge in [-0.2, -0.15) is 0 Å². The van der Waals surface area contributed by atoms with E-state index in [1.807, 2.05) is 48.5 Å². The van der Waals surface area contributed by atoms with Crippen LogP contribution in [-0.4, -0.2) is 19.6 Å². The van der Waals surface area contributed by atoms with Gasteiger partial charge < -0.3 is 10.1 Å². The van der Waals surface area contributed by atoms with Gasteiger partial charge in [0.25, 0.3) is 0 Å². The molecule has 4 heteroatoms. The molecule has 0 saturated carbocycles. The minimum atomic E-state index is 0.0904. The number of amides is 1. The van der Waals surface area contributed by atoms with Crippen molar-refractivity contribution in [3.8, 4) is 5.75 Å². The smallest absolute Gasteiger partial charge is 0.233 e. The molecule has 102 valence electrons. The molecule has 1 N–H and O–H groups in total. The summed E-state index contributed by atoms with van der Waals surface area (Å²) < 4.78 is 5.25. The molecule has 1 aliphatic rings. The van der Waals surface area contributed by atoms with E-state index in [9.17, 15) is 4.79 Å². The topological polar surface area (TPSA) is 41.6 Å². The molecule has 1 heterocycles. The Morgan fingerprint density at radius 1 is 1.15 bits per heavy atom. The van der Waals surface area contributed by atoms with Crippen LogP contribution in [0.25, 0.3) is 0 Å². The third kappa shape index (κ3) is 2.20. The van der Waals surface area contributed by atoms with Gasteiger partial charge in [-0.25, -0.2) is 0 Å². The molecule has 2 aromatic carbocycles. The number of carbonyl (C=O) groups is 1. The lowest BCUT2D eigenvalue weighted by Gasteiger charge is -2.23. The van der Waals surface area contributed by atoms with Gasteiger partial charge in [0.05, 0.1) is 18.5 Å². The first-order valence-electron chi connectivity index (χ1n) is 6.59. The van der Waals surface area contributed by atoms with Crippen molar-refractivity contribution < 1.29 is 9.53 Å². The first-order valence-corrected chi connectivity index (χ1v) is 6.59. The van der Waals surface area contributed by atoms with E-state index in [-0.39, 0.29) is 5.91 Å². The number of nitrogens with one attached hydrogen (secondary N) is 1. The van der Waals surface area contributed by atoms with Crippen molar-refractivity contribution in [3.05, 3.63) is 48.5 Å². The molecule has 2 aromatic rings. The number of methoxy groups -OCH3 is 1. The van der Waals surface area contributed by atoms with Crippen LogP contribution in [0.15, 0.2) is 48.5 Å². The maximum Gasteiger partial charge on any atom is 0.233 e. The van der Waals surface area contributed by atoms with Crippen molar-refractivity contribution in [2.45, 2.75) is 6.42 Å². The van der Waals surface area contributed by atoms with Crippen molar-refractivity contribution in [2.75, 3.05) is 23.9 Å². The number of benzene rings is 2. The van der Waals surface area contributed by atoms with E-state index in [2.05, 4.69) is 5.32 Å². The molecule has 0 bridgehead atoms. The quantitative estimate of drug-likeness (QED) is 0.909. The molecule has 1 aliphatic heterocycles. The lowest BCUT2D eigenvalue weighted by molar-refractivity contribution is -0.117. The maximum atomic E-state index is 12.4. The van der Waals surface area contributed by atoms with Gasteiger partial charge in [-0.15, -0.1) is 0 Å². The average Bonchev–Trinajstić information content (AvgIpc) is 2.65. The Bertz CT molecular complexity index is 626. The van der Waals surface area contributed by atoms with Crippen molar-refractivity contribution in [3.63, 3.8) is 0 Å². The van der Waals surface area contributed by atoms with Crippen LogP contribution in [0, 0.1) is 0 Å². The molecule has 3 rings (SSSR count). The van der Waals surface area contributed by atoms with Crippen molar-refractivity contribution in [1.29, 1.82) is 0 Å². The van der Waals surface area contributed by atoms with Crippen LogP contribution in [0.1, 0.15) is 6.42 Å². The minimum Gasteiger partial charge on any atom is -0.497 e. The van der Waals surface area contributed by atoms with E-state index in [1.54, 1.807) is 12.0 Å². The Morgan fingerprint density at radius 2 is 1.95 bits per heavy atom. The molecule has 0 atom stereocenters. The number of ether oxygens (including phenoxy) is 1. The first kappa shape index (κ1) is 12.5. The zero-order valence-electron chi connectivity index (χ0n) is 11.3. The Kier molecular flexibility index (Phi) is 3.29. The number of carbonyl (C=O) groups excluding carboxylic acids is 1. The number of hydrogen-bond donors (Lipinski definition) is 1. The monoisotopic (exact) mass is 268 g/mol. The first-order chi connectivity index (χ1) is 9.79. The van der Waals surface area contributed by atoms with E-state index in [0.29, 0.717) is 13.0 Å². The van der Waals surface area contributed by atoms with Crippen LogP contribution in [0.5, 0.6) is 5.75 Å².